The van der Waals surface area contributed by atoms with Gasteiger partial charge in [-0.2, -0.15) is 0 Å². The lowest BCUT2D eigenvalue weighted by atomic mass is 9.87. The first kappa shape index (κ1) is 18.2. The number of carbonyl (C=O) groups excluding carboxylic acids is 1. The van der Waals surface area contributed by atoms with Gasteiger partial charge in [-0.3, -0.25) is 4.79 Å². The zero-order valence-corrected chi connectivity index (χ0v) is 15.4. The highest BCUT2D eigenvalue weighted by Crippen LogP contribution is 2.43. The topological polar surface area (TPSA) is 47.6 Å². The smallest absolute Gasteiger partial charge is 0.232 e. The average molecular weight is 377 g/mol. The van der Waals surface area contributed by atoms with Crippen LogP contribution in [-0.2, 0) is 9.53 Å². The normalized spacial score (nSPS) is 13.8. The Morgan fingerprint density at radius 3 is 2.29 bits per heavy atom. The molecule has 0 aliphatic carbocycles. The average Bonchev–Trinajstić information content (AvgIpc) is 2.72. The second-order valence-electron chi connectivity index (χ2n) is 6.64. The van der Waals surface area contributed by atoms with Crippen LogP contribution in [0.25, 0.3) is 0 Å². The fourth-order valence-electron chi connectivity index (χ4n) is 3.53. The van der Waals surface area contributed by atoms with E-state index in [0.29, 0.717) is 17.1 Å². The summed E-state index contributed by atoms with van der Waals surface area (Å²) in [4.78, 5) is 13.1. The van der Waals surface area contributed by atoms with Gasteiger partial charge >= 0.3 is 0 Å². The summed E-state index contributed by atoms with van der Waals surface area (Å²) in [6.07, 6.45) is -0.440. The van der Waals surface area contributed by atoms with Crippen LogP contribution < -0.4 is 10.1 Å². The largest absolute Gasteiger partial charge is 0.457 e. The van der Waals surface area contributed by atoms with Crippen LogP contribution in [0.2, 0.25) is 0 Å². The van der Waals surface area contributed by atoms with E-state index in [1.165, 1.54) is 12.1 Å². The maximum atomic E-state index is 13.5. The number of methoxy groups -OCH3 is 1. The van der Waals surface area contributed by atoms with E-state index in [9.17, 15) is 9.18 Å². The van der Waals surface area contributed by atoms with Crippen molar-refractivity contribution >= 4 is 5.91 Å². The van der Waals surface area contributed by atoms with Crippen LogP contribution in [0.5, 0.6) is 11.5 Å². The van der Waals surface area contributed by atoms with E-state index in [1.807, 2.05) is 48.5 Å². The van der Waals surface area contributed by atoms with E-state index in [2.05, 4.69) is 5.32 Å². The minimum absolute atomic E-state index is 0.151. The Morgan fingerprint density at radius 1 is 1.04 bits per heavy atom. The molecule has 0 radical (unpaired) electrons. The summed E-state index contributed by atoms with van der Waals surface area (Å²) in [5, 5.41) is 2.96. The van der Waals surface area contributed by atoms with Crippen LogP contribution in [0.15, 0.2) is 72.8 Å². The van der Waals surface area contributed by atoms with Crippen molar-refractivity contribution < 1.29 is 18.7 Å². The highest BCUT2D eigenvalue weighted by Gasteiger charge is 2.32. The van der Waals surface area contributed by atoms with Gasteiger partial charge in [-0.05, 0) is 29.8 Å². The van der Waals surface area contributed by atoms with Crippen molar-refractivity contribution in [2.75, 3.05) is 13.7 Å². The molecule has 3 aromatic carbocycles. The molecule has 0 saturated carbocycles. The van der Waals surface area contributed by atoms with Crippen molar-refractivity contribution in [2.45, 2.75) is 12.0 Å². The van der Waals surface area contributed by atoms with Crippen molar-refractivity contribution in [3.8, 4) is 11.5 Å². The quantitative estimate of drug-likeness (QED) is 0.709. The summed E-state index contributed by atoms with van der Waals surface area (Å²) >= 11 is 0. The Kier molecular flexibility index (Phi) is 5.08. The lowest BCUT2D eigenvalue weighted by Crippen LogP contribution is -2.34. The highest BCUT2D eigenvalue weighted by molar-refractivity contribution is 5.89. The Balaban J connectivity index is 1.58. The number of carbonyl (C=O) groups is 1. The third-order valence-electron chi connectivity index (χ3n) is 4.91. The van der Waals surface area contributed by atoms with Gasteiger partial charge in [0, 0.05) is 24.8 Å². The standard InChI is InChI=1S/C23H20FNO3/c1-27-21(15-7-6-8-16(24)13-15)14-25-23(26)22-17-9-2-4-11-19(17)28-20-12-5-3-10-18(20)22/h2-13,21-22H,14H2,1H3,(H,25,26)/t21-/m1/s1. The van der Waals surface area contributed by atoms with Gasteiger partial charge < -0.3 is 14.8 Å². The van der Waals surface area contributed by atoms with Gasteiger partial charge in [0.2, 0.25) is 5.91 Å². The predicted octanol–water partition coefficient (Wildman–Crippen LogP) is 4.57. The zero-order chi connectivity index (χ0) is 19.5. The molecule has 3 aromatic rings. The van der Waals surface area contributed by atoms with E-state index >= 15 is 0 Å². The molecule has 1 aliphatic rings. The number of halogens is 1. The van der Waals surface area contributed by atoms with Gasteiger partial charge in [-0.25, -0.2) is 4.39 Å². The molecule has 5 heteroatoms. The first-order chi connectivity index (χ1) is 13.7. The van der Waals surface area contributed by atoms with Gasteiger partial charge in [0.15, 0.2) is 0 Å². The summed E-state index contributed by atoms with van der Waals surface area (Å²) in [5.74, 6) is 0.385. The van der Waals surface area contributed by atoms with Gasteiger partial charge in [0.1, 0.15) is 17.3 Å². The van der Waals surface area contributed by atoms with E-state index in [-0.39, 0.29) is 18.3 Å². The molecule has 1 atom stereocenters. The summed E-state index contributed by atoms with van der Waals surface area (Å²) in [6, 6.07) is 21.3. The minimum Gasteiger partial charge on any atom is -0.457 e. The molecule has 28 heavy (non-hydrogen) atoms. The van der Waals surface area contributed by atoms with Gasteiger partial charge in [0.05, 0.1) is 12.0 Å². The van der Waals surface area contributed by atoms with Gasteiger partial charge in [0.25, 0.3) is 0 Å². The molecule has 0 saturated heterocycles. The highest BCUT2D eigenvalue weighted by atomic mass is 19.1. The Labute approximate surface area is 162 Å². The van der Waals surface area contributed by atoms with Gasteiger partial charge in [-0.15, -0.1) is 0 Å². The number of hydrogen-bond acceptors (Lipinski definition) is 3. The van der Waals surface area contributed by atoms with Crippen molar-refractivity contribution in [2.24, 2.45) is 0 Å². The molecule has 1 N–H and O–H groups in total. The summed E-state index contributed by atoms with van der Waals surface area (Å²) in [5.41, 5.74) is 2.31. The van der Waals surface area contributed by atoms with Crippen LogP contribution in [0.4, 0.5) is 4.39 Å². The van der Waals surface area contributed by atoms with Crippen LogP contribution in [0, 0.1) is 5.82 Å². The lowest BCUT2D eigenvalue weighted by molar-refractivity contribution is -0.122. The van der Waals surface area contributed by atoms with Crippen LogP contribution in [-0.4, -0.2) is 19.6 Å². The van der Waals surface area contributed by atoms with Crippen molar-refractivity contribution in [3.05, 3.63) is 95.3 Å². The number of ether oxygens (including phenoxy) is 2. The van der Waals surface area contributed by atoms with Crippen LogP contribution in [0.3, 0.4) is 0 Å². The van der Waals surface area contributed by atoms with Crippen molar-refractivity contribution in [1.29, 1.82) is 0 Å². The maximum absolute atomic E-state index is 13.5. The van der Waals surface area contributed by atoms with Crippen LogP contribution in [0.1, 0.15) is 28.7 Å². The van der Waals surface area contributed by atoms with E-state index in [0.717, 1.165) is 11.1 Å². The molecule has 1 amide bonds. The minimum atomic E-state index is -0.480. The first-order valence-corrected chi connectivity index (χ1v) is 9.09. The number of hydrogen-bond donors (Lipinski definition) is 1. The molecule has 4 rings (SSSR count). The molecule has 1 aliphatic heterocycles. The lowest BCUT2D eigenvalue weighted by Gasteiger charge is -2.28. The fraction of sp³-hybridized carbons (Fsp3) is 0.174. The molecule has 0 unspecified atom stereocenters. The molecule has 0 aromatic heterocycles. The summed E-state index contributed by atoms with van der Waals surface area (Å²) < 4.78 is 24.9. The first-order valence-electron chi connectivity index (χ1n) is 9.09. The third kappa shape index (κ3) is 3.49. The molecule has 4 nitrogen and oxygen atoms in total. The number of nitrogens with one attached hydrogen (secondary N) is 1. The summed E-state index contributed by atoms with van der Waals surface area (Å²) in [6.45, 7) is 0.237. The molecule has 142 valence electrons. The van der Waals surface area contributed by atoms with Crippen molar-refractivity contribution in [3.63, 3.8) is 0 Å². The Bertz CT molecular complexity index is 959. The molecule has 1 heterocycles. The number of fused-ring (bicyclic) bond motifs is 2. The number of para-hydroxylation sites is 2. The third-order valence-corrected chi connectivity index (χ3v) is 4.91. The monoisotopic (exact) mass is 377 g/mol. The zero-order valence-electron chi connectivity index (χ0n) is 15.4. The van der Waals surface area contributed by atoms with E-state index in [1.54, 1.807) is 19.2 Å². The maximum Gasteiger partial charge on any atom is 0.232 e. The number of rotatable bonds is 5. The van der Waals surface area contributed by atoms with Crippen molar-refractivity contribution in [1.82, 2.24) is 5.32 Å². The molecular formula is C23H20FNO3. The molecule has 0 fully saturated rings. The predicted molar refractivity (Wildman–Crippen MR) is 104 cm³/mol. The summed E-state index contributed by atoms with van der Waals surface area (Å²) in [7, 11) is 1.54. The molecular weight excluding hydrogens is 357 g/mol. The Morgan fingerprint density at radius 2 is 1.68 bits per heavy atom. The molecule has 0 spiro atoms. The second-order valence-corrected chi connectivity index (χ2v) is 6.64. The molecule has 0 bridgehead atoms. The second kappa shape index (κ2) is 7.82. The van der Waals surface area contributed by atoms with Gasteiger partial charge in [-0.1, -0.05) is 48.5 Å². The Hall–Kier alpha value is -3.18. The van der Waals surface area contributed by atoms with Crippen LogP contribution >= 0.6 is 0 Å². The van der Waals surface area contributed by atoms with E-state index in [4.69, 9.17) is 9.47 Å². The fourth-order valence-corrected chi connectivity index (χ4v) is 3.53. The number of amides is 1. The number of benzene rings is 3. The van der Waals surface area contributed by atoms with E-state index < -0.39 is 12.0 Å². The SMILES string of the molecule is CO[C@H](CNC(=O)C1c2ccccc2Oc2ccccc21)c1cccc(F)c1.